The molecule has 2 nitrogen and oxygen atoms in total. The van der Waals surface area contributed by atoms with E-state index < -0.39 is 5.41 Å². The molecule has 8 aromatic rings. The zero-order valence-electron chi connectivity index (χ0n) is 38.6. The SMILES string of the molecule is Cc1cc2c3c(c1)N(c1ccc(C(C)(C)C)cc1)c1c(ccc4c1-c1ccc(C(C)(C)C)cc1C41c4ccccc4-c4ccccc41)B3c1ccccc1N2c1ccc(C(C)C)cc1. The zero-order chi connectivity index (χ0) is 44.0. The lowest BCUT2D eigenvalue weighted by Gasteiger charge is -2.45. The molecule has 0 unspecified atom stereocenters. The summed E-state index contributed by atoms with van der Waals surface area (Å²) >= 11 is 0. The minimum atomic E-state index is -0.475. The number of aryl methyl sites for hydroxylation is 1. The highest BCUT2D eigenvalue weighted by atomic mass is 15.2. The van der Waals surface area contributed by atoms with E-state index in [2.05, 4.69) is 236 Å². The van der Waals surface area contributed by atoms with Crippen molar-refractivity contribution in [2.75, 3.05) is 9.80 Å². The summed E-state index contributed by atoms with van der Waals surface area (Å²) in [6.45, 7) is 20.8. The molecule has 0 N–H and O–H groups in total. The third-order valence-corrected chi connectivity index (χ3v) is 15.0. The maximum Gasteiger partial charge on any atom is 0.252 e. The quantitative estimate of drug-likeness (QED) is 0.164. The molecular formula is C61H55BN2. The number of anilines is 6. The standard InChI is InChI=1S/C61H55BN2/c1-37(2)39-22-27-42(28-23-39)63-53-21-15-14-20-51(53)62-52-33-32-49-56(58(52)64(55-35-38(3)34-54(63)57(55)62)43-29-24-40(25-30-43)59(4,5)6)46-31-26-41(60(7,8)9)36-50(46)61(49)47-18-12-10-16-44(47)45-17-11-13-19-48(45)61/h10-37H,1-9H3. The Labute approximate surface area is 380 Å². The van der Waals surface area contributed by atoms with Crippen molar-refractivity contribution >= 4 is 57.2 Å². The summed E-state index contributed by atoms with van der Waals surface area (Å²) in [6.07, 6.45) is 0. The lowest BCUT2D eigenvalue weighted by atomic mass is 9.33. The van der Waals surface area contributed by atoms with Crippen molar-refractivity contribution < 1.29 is 0 Å². The topological polar surface area (TPSA) is 6.48 Å². The van der Waals surface area contributed by atoms with Crippen molar-refractivity contribution in [2.24, 2.45) is 0 Å². The van der Waals surface area contributed by atoms with E-state index in [1.807, 2.05) is 0 Å². The normalized spacial score (nSPS) is 14.8. The van der Waals surface area contributed by atoms with Gasteiger partial charge in [-0.2, -0.15) is 0 Å². The van der Waals surface area contributed by atoms with E-state index in [0.29, 0.717) is 5.92 Å². The van der Waals surface area contributed by atoms with Crippen LogP contribution in [0, 0.1) is 6.92 Å². The number of hydrogen-bond acceptors (Lipinski definition) is 2. The van der Waals surface area contributed by atoms with Crippen molar-refractivity contribution in [3.8, 4) is 22.3 Å². The van der Waals surface area contributed by atoms with E-state index >= 15 is 0 Å². The van der Waals surface area contributed by atoms with E-state index in [9.17, 15) is 0 Å². The van der Waals surface area contributed by atoms with E-state index in [-0.39, 0.29) is 17.5 Å². The van der Waals surface area contributed by atoms with Crippen LogP contribution in [0.4, 0.5) is 34.1 Å². The van der Waals surface area contributed by atoms with Crippen LogP contribution >= 0.6 is 0 Å². The summed E-state index contributed by atoms with van der Waals surface area (Å²) in [5, 5.41) is 0. The van der Waals surface area contributed by atoms with E-state index in [0.717, 1.165) is 0 Å². The van der Waals surface area contributed by atoms with Gasteiger partial charge in [-0.25, -0.2) is 0 Å². The average molecular weight is 827 g/mol. The number of fused-ring (bicyclic) bond motifs is 15. The minimum absolute atomic E-state index is 0.0235. The van der Waals surface area contributed by atoms with Crippen LogP contribution in [0.15, 0.2) is 164 Å². The molecule has 2 heterocycles. The molecule has 8 aromatic carbocycles. The molecule has 0 saturated heterocycles. The highest BCUT2D eigenvalue weighted by molar-refractivity contribution is 7.00. The Morgan fingerprint density at radius 3 is 1.67 bits per heavy atom. The number of hydrogen-bond donors (Lipinski definition) is 0. The third-order valence-electron chi connectivity index (χ3n) is 15.0. The number of rotatable bonds is 3. The molecule has 4 aliphatic rings. The Balaban J connectivity index is 1.22. The Hall–Kier alpha value is -6.58. The Morgan fingerprint density at radius 2 is 1.03 bits per heavy atom. The summed E-state index contributed by atoms with van der Waals surface area (Å²) in [4.78, 5) is 5.19. The predicted octanol–water partition coefficient (Wildman–Crippen LogP) is 14.1. The van der Waals surface area contributed by atoms with Gasteiger partial charge in [0, 0.05) is 39.7 Å². The van der Waals surface area contributed by atoms with Gasteiger partial charge in [0.15, 0.2) is 0 Å². The third kappa shape index (κ3) is 5.27. The number of nitrogens with zero attached hydrogens (tertiary/aromatic N) is 2. The maximum absolute atomic E-state index is 2.66. The van der Waals surface area contributed by atoms with Crippen molar-refractivity contribution in [2.45, 2.75) is 84.5 Å². The molecule has 0 bridgehead atoms. The minimum Gasteiger partial charge on any atom is -0.311 e. The van der Waals surface area contributed by atoms with E-state index in [1.165, 1.54) is 117 Å². The van der Waals surface area contributed by atoms with E-state index in [4.69, 9.17) is 0 Å². The van der Waals surface area contributed by atoms with Crippen molar-refractivity contribution in [3.05, 3.63) is 208 Å². The highest BCUT2D eigenvalue weighted by Crippen LogP contribution is 2.65. The summed E-state index contributed by atoms with van der Waals surface area (Å²) in [5.41, 5.74) is 27.1. The van der Waals surface area contributed by atoms with Gasteiger partial charge in [0.05, 0.1) is 5.41 Å². The van der Waals surface area contributed by atoms with Crippen molar-refractivity contribution in [1.29, 1.82) is 0 Å². The molecule has 2 aliphatic heterocycles. The molecule has 0 radical (unpaired) electrons. The van der Waals surface area contributed by atoms with Gasteiger partial charge >= 0.3 is 0 Å². The molecule has 0 fully saturated rings. The molecule has 1 spiro atoms. The molecular weight excluding hydrogens is 771 g/mol. The fraction of sp³-hybridized carbons (Fsp3) is 0.213. The van der Waals surface area contributed by atoms with Crippen LogP contribution in [0.5, 0.6) is 0 Å². The highest BCUT2D eigenvalue weighted by Gasteiger charge is 2.55. The number of benzene rings is 8. The van der Waals surface area contributed by atoms with Gasteiger partial charge in [-0.1, -0.05) is 177 Å². The van der Waals surface area contributed by atoms with Crippen molar-refractivity contribution in [3.63, 3.8) is 0 Å². The van der Waals surface area contributed by atoms with Crippen LogP contribution in [-0.4, -0.2) is 6.71 Å². The molecule has 12 rings (SSSR count). The lowest BCUT2D eigenvalue weighted by Crippen LogP contribution is -2.61. The smallest absolute Gasteiger partial charge is 0.252 e. The van der Waals surface area contributed by atoms with Gasteiger partial charge in [-0.05, 0) is 144 Å². The lowest BCUT2D eigenvalue weighted by molar-refractivity contribution is 0.588. The summed E-state index contributed by atoms with van der Waals surface area (Å²) < 4.78 is 0. The second-order valence-corrected chi connectivity index (χ2v) is 21.2. The monoisotopic (exact) mass is 826 g/mol. The molecule has 0 aromatic heterocycles. The summed E-state index contributed by atoms with van der Waals surface area (Å²) in [6, 6.07) is 63.8. The second-order valence-electron chi connectivity index (χ2n) is 21.2. The number of para-hydroxylation sites is 1. The maximum atomic E-state index is 2.66. The van der Waals surface area contributed by atoms with E-state index in [1.54, 1.807) is 0 Å². The van der Waals surface area contributed by atoms with Crippen LogP contribution in [0.1, 0.15) is 106 Å². The molecule has 0 amide bonds. The fourth-order valence-corrected chi connectivity index (χ4v) is 11.9. The van der Waals surface area contributed by atoms with Crippen LogP contribution in [-0.2, 0) is 16.2 Å². The zero-order valence-corrected chi connectivity index (χ0v) is 38.6. The first-order chi connectivity index (χ1) is 30.8. The van der Waals surface area contributed by atoms with Gasteiger partial charge in [0.2, 0.25) is 0 Å². The van der Waals surface area contributed by atoms with Crippen LogP contribution < -0.4 is 26.2 Å². The first-order valence-corrected chi connectivity index (χ1v) is 23.3. The van der Waals surface area contributed by atoms with Gasteiger partial charge in [0.1, 0.15) is 0 Å². The van der Waals surface area contributed by atoms with Gasteiger partial charge in [-0.15, -0.1) is 0 Å². The van der Waals surface area contributed by atoms with Crippen LogP contribution in [0.2, 0.25) is 0 Å². The van der Waals surface area contributed by atoms with Crippen molar-refractivity contribution in [1.82, 2.24) is 0 Å². The molecule has 0 atom stereocenters. The summed E-state index contributed by atoms with van der Waals surface area (Å²) in [5.74, 6) is 0.464. The fourth-order valence-electron chi connectivity index (χ4n) is 11.9. The predicted molar refractivity (Wildman–Crippen MR) is 273 cm³/mol. The first-order valence-electron chi connectivity index (χ1n) is 23.3. The Morgan fingerprint density at radius 1 is 0.469 bits per heavy atom. The molecule has 3 heteroatoms. The Kier molecular flexibility index (Phi) is 8.22. The molecule has 0 saturated carbocycles. The van der Waals surface area contributed by atoms with Crippen LogP contribution in [0.3, 0.4) is 0 Å². The molecule has 2 aliphatic carbocycles. The van der Waals surface area contributed by atoms with Crippen LogP contribution in [0.25, 0.3) is 22.3 Å². The van der Waals surface area contributed by atoms with Gasteiger partial charge in [-0.3, -0.25) is 0 Å². The second kappa shape index (κ2) is 13.5. The first kappa shape index (κ1) is 39.0. The summed E-state index contributed by atoms with van der Waals surface area (Å²) in [7, 11) is 0. The molecule has 64 heavy (non-hydrogen) atoms. The Bertz CT molecular complexity index is 3180. The average Bonchev–Trinajstić information content (AvgIpc) is 3.75. The van der Waals surface area contributed by atoms with Gasteiger partial charge in [0.25, 0.3) is 6.71 Å². The molecule has 312 valence electrons. The van der Waals surface area contributed by atoms with Gasteiger partial charge < -0.3 is 9.80 Å². The largest absolute Gasteiger partial charge is 0.311 e.